The Morgan fingerprint density at radius 1 is 1.26 bits per heavy atom. The highest BCUT2D eigenvalue weighted by Gasteiger charge is 2.24. The molecule has 3 heterocycles. The molecule has 0 spiro atoms. The second-order valence-corrected chi connectivity index (χ2v) is 7.30. The quantitative estimate of drug-likeness (QED) is 0.794. The summed E-state index contributed by atoms with van der Waals surface area (Å²) in [5.41, 5.74) is 5.57. The third kappa shape index (κ3) is 3.92. The van der Waals surface area contributed by atoms with E-state index in [1.54, 1.807) is 0 Å². The fourth-order valence-corrected chi connectivity index (χ4v) is 4.09. The first-order chi connectivity index (χ1) is 13.3. The van der Waals surface area contributed by atoms with Crippen LogP contribution in [-0.4, -0.2) is 46.8 Å². The van der Waals surface area contributed by atoms with E-state index in [4.69, 9.17) is 4.74 Å². The summed E-state index contributed by atoms with van der Waals surface area (Å²) in [5, 5.41) is 7.57. The van der Waals surface area contributed by atoms with Crippen molar-refractivity contribution < 1.29 is 9.53 Å². The molecule has 144 valence electrons. The van der Waals surface area contributed by atoms with E-state index in [0.29, 0.717) is 25.5 Å². The van der Waals surface area contributed by atoms with Crippen LogP contribution in [0.1, 0.15) is 46.2 Å². The van der Waals surface area contributed by atoms with Gasteiger partial charge in [0.15, 0.2) is 5.69 Å². The van der Waals surface area contributed by atoms with Crippen LogP contribution in [0.3, 0.4) is 0 Å². The van der Waals surface area contributed by atoms with Crippen LogP contribution in [0, 0.1) is 0 Å². The Kier molecular flexibility index (Phi) is 5.55. The zero-order valence-corrected chi connectivity index (χ0v) is 16.0. The standard InChI is InChI=1S/C21H28N4O2/c1-2-25-19-9-13-27-15-18(19)20(23-25)21(26)22-10-5-11-24-12-8-16-6-3-4-7-17(16)14-24/h3-4,6-7H,2,5,8-15H2,1H3,(H,22,26). The lowest BCUT2D eigenvalue weighted by molar-refractivity contribution is 0.0923. The Bertz CT molecular complexity index is 815. The fourth-order valence-electron chi connectivity index (χ4n) is 4.09. The van der Waals surface area contributed by atoms with E-state index in [-0.39, 0.29) is 5.91 Å². The zero-order valence-electron chi connectivity index (χ0n) is 16.0. The van der Waals surface area contributed by atoms with Crippen molar-refractivity contribution in [1.29, 1.82) is 0 Å². The average Bonchev–Trinajstić information content (AvgIpc) is 3.10. The summed E-state index contributed by atoms with van der Waals surface area (Å²) in [6, 6.07) is 8.68. The Morgan fingerprint density at radius 3 is 2.96 bits per heavy atom. The average molecular weight is 368 g/mol. The van der Waals surface area contributed by atoms with Gasteiger partial charge in [-0.05, 0) is 30.9 Å². The molecule has 0 radical (unpaired) electrons. The minimum atomic E-state index is -0.0760. The monoisotopic (exact) mass is 368 g/mol. The molecule has 2 aliphatic heterocycles. The van der Waals surface area contributed by atoms with Crippen molar-refractivity contribution in [2.24, 2.45) is 0 Å². The maximum Gasteiger partial charge on any atom is 0.272 e. The van der Waals surface area contributed by atoms with Crippen molar-refractivity contribution >= 4 is 5.91 Å². The number of nitrogens with one attached hydrogen (secondary N) is 1. The van der Waals surface area contributed by atoms with Crippen LogP contribution in [0.4, 0.5) is 0 Å². The highest BCUT2D eigenvalue weighted by molar-refractivity contribution is 5.94. The number of carbonyl (C=O) groups is 1. The van der Waals surface area contributed by atoms with Crippen molar-refractivity contribution in [2.75, 3.05) is 26.2 Å². The predicted molar refractivity (Wildman–Crippen MR) is 104 cm³/mol. The highest BCUT2D eigenvalue weighted by Crippen LogP contribution is 2.21. The fraction of sp³-hybridized carbons (Fsp3) is 0.524. The molecular weight excluding hydrogens is 340 g/mol. The zero-order chi connectivity index (χ0) is 18.6. The minimum Gasteiger partial charge on any atom is -0.376 e. The third-order valence-corrected chi connectivity index (χ3v) is 5.56. The molecule has 1 N–H and O–H groups in total. The maximum atomic E-state index is 12.6. The molecule has 0 unspecified atom stereocenters. The Balaban J connectivity index is 1.28. The maximum absolute atomic E-state index is 12.6. The first-order valence-corrected chi connectivity index (χ1v) is 10.00. The number of hydrogen-bond acceptors (Lipinski definition) is 4. The van der Waals surface area contributed by atoms with Gasteiger partial charge in [-0.3, -0.25) is 14.4 Å². The number of nitrogens with zero attached hydrogens (tertiary/aromatic N) is 3. The molecule has 6 heteroatoms. The van der Waals surface area contributed by atoms with E-state index >= 15 is 0 Å². The molecule has 6 nitrogen and oxygen atoms in total. The third-order valence-electron chi connectivity index (χ3n) is 5.56. The predicted octanol–water partition coefficient (Wildman–Crippen LogP) is 2.15. The molecule has 1 amide bonds. The van der Waals surface area contributed by atoms with Crippen LogP contribution in [-0.2, 0) is 37.3 Å². The summed E-state index contributed by atoms with van der Waals surface area (Å²) in [5.74, 6) is -0.0760. The highest BCUT2D eigenvalue weighted by atomic mass is 16.5. The van der Waals surface area contributed by atoms with Crippen LogP contribution < -0.4 is 5.32 Å². The summed E-state index contributed by atoms with van der Waals surface area (Å²) >= 11 is 0. The number of aromatic nitrogens is 2. The van der Waals surface area contributed by atoms with Gasteiger partial charge in [-0.15, -0.1) is 0 Å². The van der Waals surface area contributed by atoms with E-state index in [0.717, 1.165) is 56.7 Å². The van der Waals surface area contributed by atoms with Gasteiger partial charge in [0.05, 0.1) is 13.2 Å². The number of amides is 1. The SMILES string of the molecule is CCn1nc(C(=O)NCCCN2CCc3ccccc3C2)c2c1CCOC2. The van der Waals surface area contributed by atoms with Gasteiger partial charge in [0.25, 0.3) is 5.91 Å². The van der Waals surface area contributed by atoms with E-state index in [1.165, 1.54) is 11.1 Å². The molecule has 0 bridgehead atoms. The lowest BCUT2D eigenvalue weighted by Crippen LogP contribution is -2.34. The number of aryl methyl sites for hydroxylation is 1. The van der Waals surface area contributed by atoms with Gasteiger partial charge in [0.2, 0.25) is 0 Å². The van der Waals surface area contributed by atoms with Gasteiger partial charge in [-0.1, -0.05) is 24.3 Å². The van der Waals surface area contributed by atoms with Crippen LogP contribution in [0.15, 0.2) is 24.3 Å². The molecule has 4 rings (SSSR count). The molecule has 1 aromatic heterocycles. The molecule has 2 aliphatic rings. The van der Waals surface area contributed by atoms with Crippen molar-refractivity contribution in [1.82, 2.24) is 20.0 Å². The molecule has 2 aromatic rings. The molecule has 0 saturated heterocycles. The van der Waals surface area contributed by atoms with Crippen molar-refractivity contribution in [3.05, 3.63) is 52.3 Å². The van der Waals surface area contributed by atoms with Crippen LogP contribution in [0.2, 0.25) is 0 Å². The molecule has 27 heavy (non-hydrogen) atoms. The van der Waals surface area contributed by atoms with Gasteiger partial charge >= 0.3 is 0 Å². The first kappa shape index (κ1) is 18.2. The van der Waals surface area contributed by atoms with E-state index in [1.807, 2.05) is 4.68 Å². The lowest BCUT2D eigenvalue weighted by Gasteiger charge is -2.28. The molecule has 1 aromatic carbocycles. The van der Waals surface area contributed by atoms with Crippen molar-refractivity contribution in [2.45, 2.75) is 45.9 Å². The van der Waals surface area contributed by atoms with Crippen LogP contribution >= 0.6 is 0 Å². The van der Waals surface area contributed by atoms with Gasteiger partial charge < -0.3 is 10.1 Å². The Hall–Kier alpha value is -2.18. The molecule has 0 aliphatic carbocycles. The number of carbonyl (C=O) groups excluding carboxylic acids is 1. The summed E-state index contributed by atoms with van der Waals surface area (Å²) in [7, 11) is 0. The number of benzene rings is 1. The second-order valence-electron chi connectivity index (χ2n) is 7.30. The largest absolute Gasteiger partial charge is 0.376 e. The number of hydrogen-bond donors (Lipinski definition) is 1. The van der Waals surface area contributed by atoms with Crippen LogP contribution in [0.5, 0.6) is 0 Å². The summed E-state index contributed by atoms with van der Waals surface area (Å²) in [4.78, 5) is 15.1. The molecule has 0 atom stereocenters. The smallest absolute Gasteiger partial charge is 0.272 e. The van der Waals surface area contributed by atoms with E-state index in [9.17, 15) is 4.79 Å². The van der Waals surface area contributed by atoms with Crippen molar-refractivity contribution in [3.63, 3.8) is 0 Å². The molecular formula is C21H28N4O2. The Morgan fingerprint density at radius 2 is 2.11 bits per heavy atom. The molecule has 0 fully saturated rings. The summed E-state index contributed by atoms with van der Waals surface area (Å²) in [6.07, 6.45) is 2.89. The topological polar surface area (TPSA) is 59.4 Å². The first-order valence-electron chi connectivity index (χ1n) is 10.00. The van der Waals surface area contributed by atoms with E-state index in [2.05, 4.69) is 46.5 Å². The normalized spacial score (nSPS) is 16.6. The van der Waals surface area contributed by atoms with Gasteiger partial charge in [-0.2, -0.15) is 5.10 Å². The Labute approximate surface area is 160 Å². The number of fused-ring (bicyclic) bond motifs is 2. The van der Waals surface area contributed by atoms with Gasteiger partial charge in [-0.25, -0.2) is 0 Å². The van der Waals surface area contributed by atoms with Gasteiger partial charge in [0, 0.05) is 50.4 Å². The van der Waals surface area contributed by atoms with Gasteiger partial charge in [0.1, 0.15) is 0 Å². The van der Waals surface area contributed by atoms with E-state index < -0.39 is 0 Å². The molecule has 0 saturated carbocycles. The summed E-state index contributed by atoms with van der Waals surface area (Å²) in [6.45, 7) is 7.81. The van der Waals surface area contributed by atoms with Crippen molar-refractivity contribution in [3.8, 4) is 0 Å². The lowest BCUT2D eigenvalue weighted by atomic mass is 10.00. The number of rotatable bonds is 6. The minimum absolute atomic E-state index is 0.0760. The number of ether oxygens (including phenoxy) is 1. The van der Waals surface area contributed by atoms with Crippen LogP contribution in [0.25, 0.3) is 0 Å². The second kappa shape index (κ2) is 8.23. The summed E-state index contributed by atoms with van der Waals surface area (Å²) < 4.78 is 7.48.